The molecule has 0 spiro atoms. The van der Waals surface area contributed by atoms with Crippen molar-refractivity contribution < 1.29 is 18.4 Å². The number of piperidine rings is 1. The van der Waals surface area contributed by atoms with Gasteiger partial charge in [0.15, 0.2) is 0 Å². The summed E-state index contributed by atoms with van der Waals surface area (Å²) in [6, 6.07) is 2.40. The van der Waals surface area contributed by atoms with E-state index in [9.17, 15) is 18.4 Å². The number of likely N-dealkylation sites (tertiary alicyclic amines) is 1. The van der Waals surface area contributed by atoms with Crippen molar-refractivity contribution >= 4 is 11.7 Å². The lowest BCUT2D eigenvalue weighted by molar-refractivity contribution is -0.125. The standard InChI is InChI=1S/C15H17F2NO2/c1-3-10-8-18(7-6-12(10)19)15(20)13-11(16)5-4-9(2)14(13)17/h4-5,10H,3,6-8H2,1-2H3. The molecule has 0 radical (unpaired) electrons. The average Bonchev–Trinajstić information content (AvgIpc) is 2.43. The molecule has 1 aromatic carbocycles. The molecular formula is C15H17F2NO2. The number of rotatable bonds is 2. The number of amides is 1. The number of nitrogens with zero attached hydrogens (tertiary/aromatic N) is 1. The molecular weight excluding hydrogens is 264 g/mol. The first kappa shape index (κ1) is 14.6. The predicted molar refractivity (Wildman–Crippen MR) is 70.4 cm³/mol. The van der Waals surface area contributed by atoms with E-state index in [0.29, 0.717) is 6.42 Å². The van der Waals surface area contributed by atoms with Crippen LogP contribution >= 0.6 is 0 Å². The molecule has 1 heterocycles. The zero-order valence-electron chi connectivity index (χ0n) is 11.6. The predicted octanol–water partition coefficient (Wildman–Crippen LogP) is 2.71. The fraction of sp³-hybridized carbons (Fsp3) is 0.467. The minimum Gasteiger partial charge on any atom is -0.337 e. The van der Waals surface area contributed by atoms with Crippen LogP contribution in [0.25, 0.3) is 0 Å². The molecule has 5 heteroatoms. The minimum atomic E-state index is -0.858. The van der Waals surface area contributed by atoms with Gasteiger partial charge < -0.3 is 4.90 Å². The highest BCUT2D eigenvalue weighted by molar-refractivity contribution is 5.96. The van der Waals surface area contributed by atoms with Crippen LogP contribution in [0.3, 0.4) is 0 Å². The highest BCUT2D eigenvalue weighted by atomic mass is 19.1. The first-order valence-electron chi connectivity index (χ1n) is 6.72. The Morgan fingerprint density at radius 2 is 2.10 bits per heavy atom. The molecule has 1 unspecified atom stereocenters. The lowest BCUT2D eigenvalue weighted by Gasteiger charge is -2.31. The summed E-state index contributed by atoms with van der Waals surface area (Å²) in [7, 11) is 0. The number of carbonyl (C=O) groups is 2. The van der Waals surface area contributed by atoms with E-state index in [2.05, 4.69) is 0 Å². The number of ketones is 1. The first-order chi connectivity index (χ1) is 9.45. The maximum Gasteiger partial charge on any atom is 0.259 e. The second kappa shape index (κ2) is 5.69. The van der Waals surface area contributed by atoms with E-state index in [4.69, 9.17) is 0 Å². The van der Waals surface area contributed by atoms with Crippen LogP contribution in [0, 0.1) is 24.5 Å². The van der Waals surface area contributed by atoms with Gasteiger partial charge in [-0.3, -0.25) is 9.59 Å². The van der Waals surface area contributed by atoms with Gasteiger partial charge >= 0.3 is 0 Å². The number of carbonyl (C=O) groups excluding carboxylic acids is 2. The molecule has 0 saturated carbocycles. The van der Waals surface area contributed by atoms with Crippen molar-refractivity contribution in [3.63, 3.8) is 0 Å². The molecule has 1 aliphatic rings. The summed E-state index contributed by atoms with van der Waals surface area (Å²) in [6.07, 6.45) is 0.876. The van der Waals surface area contributed by atoms with Crippen molar-refractivity contribution in [3.05, 3.63) is 34.9 Å². The maximum atomic E-state index is 14.0. The molecule has 1 amide bonds. The van der Waals surface area contributed by atoms with Crippen molar-refractivity contribution in [1.82, 2.24) is 4.90 Å². The number of halogens is 2. The fourth-order valence-electron chi connectivity index (χ4n) is 2.46. The number of hydrogen-bond acceptors (Lipinski definition) is 2. The summed E-state index contributed by atoms with van der Waals surface area (Å²) < 4.78 is 27.7. The first-order valence-corrected chi connectivity index (χ1v) is 6.72. The zero-order chi connectivity index (χ0) is 14.9. The number of Topliss-reactive ketones (excluding diaryl/α,β-unsaturated/α-hetero) is 1. The summed E-state index contributed by atoms with van der Waals surface area (Å²) in [4.78, 5) is 25.3. The van der Waals surface area contributed by atoms with Crippen molar-refractivity contribution in [1.29, 1.82) is 0 Å². The highest BCUT2D eigenvalue weighted by Gasteiger charge is 2.31. The third kappa shape index (κ3) is 2.57. The van der Waals surface area contributed by atoms with E-state index >= 15 is 0 Å². The van der Waals surface area contributed by atoms with Gasteiger partial charge in [-0.2, -0.15) is 0 Å². The molecule has 108 valence electrons. The van der Waals surface area contributed by atoms with E-state index in [-0.39, 0.29) is 36.8 Å². The van der Waals surface area contributed by atoms with E-state index in [1.165, 1.54) is 17.9 Å². The second-order valence-electron chi connectivity index (χ2n) is 5.13. The minimum absolute atomic E-state index is 0.113. The van der Waals surface area contributed by atoms with Gasteiger partial charge in [-0.1, -0.05) is 13.0 Å². The molecule has 0 N–H and O–H groups in total. The van der Waals surface area contributed by atoms with Gasteiger partial charge in [-0.05, 0) is 25.0 Å². The van der Waals surface area contributed by atoms with Gasteiger partial charge in [0.1, 0.15) is 23.0 Å². The summed E-state index contributed by atoms with van der Waals surface area (Å²) in [5.41, 5.74) is -0.288. The fourth-order valence-corrected chi connectivity index (χ4v) is 2.46. The summed E-state index contributed by atoms with van der Waals surface area (Å²) in [6.45, 7) is 3.81. The highest BCUT2D eigenvalue weighted by Crippen LogP contribution is 2.22. The van der Waals surface area contributed by atoms with Crippen LogP contribution in [-0.2, 0) is 4.79 Å². The Bertz CT molecular complexity index is 557. The van der Waals surface area contributed by atoms with Gasteiger partial charge in [-0.25, -0.2) is 8.78 Å². The molecule has 1 aromatic rings. The topological polar surface area (TPSA) is 37.4 Å². The van der Waals surface area contributed by atoms with Crippen LogP contribution in [0.1, 0.15) is 35.7 Å². The van der Waals surface area contributed by atoms with Crippen LogP contribution in [0.2, 0.25) is 0 Å². The van der Waals surface area contributed by atoms with Crippen LogP contribution in [0.5, 0.6) is 0 Å². The van der Waals surface area contributed by atoms with Crippen molar-refractivity contribution in [2.75, 3.05) is 13.1 Å². The smallest absolute Gasteiger partial charge is 0.259 e. The SMILES string of the molecule is CCC1CN(C(=O)c2c(F)ccc(C)c2F)CCC1=O. The van der Waals surface area contributed by atoms with Gasteiger partial charge in [-0.15, -0.1) is 0 Å². The lowest BCUT2D eigenvalue weighted by atomic mass is 9.93. The quantitative estimate of drug-likeness (QED) is 0.836. The monoisotopic (exact) mass is 281 g/mol. The van der Waals surface area contributed by atoms with Crippen LogP contribution in [-0.4, -0.2) is 29.7 Å². The summed E-state index contributed by atoms with van der Waals surface area (Å²) >= 11 is 0. The summed E-state index contributed by atoms with van der Waals surface area (Å²) in [5, 5.41) is 0. The maximum absolute atomic E-state index is 14.0. The number of benzene rings is 1. The van der Waals surface area contributed by atoms with E-state index in [1.807, 2.05) is 6.92 Å². The Labute approximate surface area is 116 Å². The van der Waals surface area contributed by atoms with Crippen molar-refractivity contribution in [3.8, 4) is 0 Å². The van der Waals surface area contributed by atoms with Gasteiger partial charge in [0, 0.05) is 25.4 Å². The number of hydrogen-bond donors (Lipinski definition) is 0. The molecule has 3 nitrogen and oxygen atoms in total. The molecule has 2 rings (SSSR count). The molecule has 1 atom stereocenters. The van der Waals surface area contributed by atoms with Gasteiger partial charge in [0.2, 0.25) is 0 Å². The Balaban J connectivity index is 2.28. The molecule has 1 aliphatic heterocycles. The molecule has 1 fully saturated rings. The van der Waals surface area contributed by atoms with Crippen molar-refractivity contribution in [2.24, 2.45) is 5.92 Å². The van der Waals surface area contributed by atoms with Crippen molar-refractivity contribution in [2.45, 2.75) is 26.7 Å². The third-order valence-corrected chi connectivity index (χ3v) is 3.80. The van der Waals surface area contributed by atoms with Crippen LogP contribution in [0.15, 0.2) is 12.1 Å². The molecule has 0 aliphatic carbocycles. The van der Waals surface area contributed by atoms with E-state index in [0.717, 1.165) is 6.07 Å². The third-order valence-electron chi connectivity index (χ3n) is 3.80. The Morgan fingerprint density at radius 1 is 1.40 bits per heavy atom. The van der Waals surface area contributed by atoms with Crippen LogP contribution < -0.4 is 0 Å². The summed E-state index contributed by atoms with van der Waals surface area (Å²) in [5.74, 6) is -2.47. The largest absolute Gasteiger partial charge is 0.337 e. The van der Waals surface area contributed by atoms with Crippen LogP contribution in [0.4, 0.5) is 8.78 Å². The second-order valence-corrected chi connectivity index (χ2v) is 5.13. The van der Waals surface area contributed by atoms with E-state index in [1.54, 1.807) is 0 Å². The normalized spacial score (nSPS) is 19.3. The Morgan fingerprint density at radius 3 is 2.75 bits per heavy atom. The lowest BCUT2D eigenvalue weighted by Crippen LogP contribution is -2.44. The Hall–Kier alpha value is -1.78. The molecule has 1 saturated heterocycles. The Kier molecular flexibility index (Phi) is 4.16. The average molecular weight is 281 g/mol. The van der Waals surface area contributed by atoms with Gasteiger partial charge in [0.25, 0.3) is 5.91 Å². The molecule has 20 heavy (non-hydrogen) atoms. The van der Waals surface area contributed by atoms with Gasteiger partial charge in [0.05, 0.1) is 0 Å². The molecule has 0 bridgehead atoms. The number of aryl methyl sites for hydroxylation is 1. The van der Waals surface area contributed by atoms with E-state index < -0.39 is 23.1 Å². The molecule has 0 aromatic heterocycles. The zero-order valence-corrected chi connectivity index (χ0v) is 11.6.